The molecule has 172 valence electrons. The number of nitrogens with zero attached hydrogens (tertiary/aromatic N) is 2. The van der Waals surface area contributed by atoms with E-state index in [1.165, 1.54) is 12.1 Å². The van der Waals surface area contributed by atoms with Crippen molar-refractivity contribution >= 4 is 33.7 Å². The van der Waals surface area contributed by atoms with Crippen LogP contribution in [0.5, 0.6) is 0 Å². The third kappa shape index (κ3) is 6.08. The summed E-state index contributed by atoms with van der Waals surface area (Å²) in [4.78, 5) is 5.18. The summed E-state index contributed by atoms with van der Waals surface area (Å²) >= 11 is 0.859. The van der Waals surface area contributed by atoms with Gasteiger partial charge in [-0.1, -0.05) is 11.1 Å². The maximum absolute atomic E-state index is 11.4. The molecular formula is C22H21N3O6S2. The van der Waals surface area contributed by atoms with Crippen LogP contribution in [0.15, 0.2) is 52.3 Å². The van der Waals surface area contributed by atoms with Crippen LogP contribution in [0.1, 0.15) is 33.5 Å². The van der Waals surface area contributed by atoms with Gasteiger partial charge < -0.3 is 5.32 Å². The number of hydrogen-bond acceptors (Lipinski definition) is 9. The lowest BCUT2D eigenvalue weighted by Gasteiger charge is -2.14. The van der Waals surface area contributed by atoms with Gasteiger partial charge in [0.2, 0.25) is 0 Å². The Balaban J connectivity index is 1.92. The minimum Gasteiger partial charge on any atom is -0.340 e. The molecule has 33 heavy (non-hydrogen) atoms. The summed E-state index contributed by atoms with van der Waals surface area (Å²) in [6, 6.07) is 13.7. The van der Waals surface area contributed by atoms with Crippen molar-refractivity contribution in [2.45, 2.75) is 37.0 Å². The summed E-state index contributed by atoms with van der Waals surface area (Å²) in [5.41, 5.74) is 4.86. The molecule has 0 fully saturated rings. The number of anilines is 2. The Bertz CT molecular complexity index is 1340. The highest BCUT2D eigenvalue weighted by atomic mass is 32.2. The molecule has 3 rings (SSSR count). The minimum atomic E-state index is -4.29. The lowest BCUT2D eigenvalue weighted by Crippen LogP contribution is -2.06. The van der Waals surface area contributed by atoms with Crippen molar-refractivity contribution < 1.29 is 27.6 Å². The molecule has 1 heterocycles. The Morgan fingerprint density at radius 1 is 1.09 bits per heavy atom. The number of benzene rings is 2. The van der Waals surface area contributed by atoms with Crippen LogP contribution in [0, 0.1) is 32.1 Å². The number of nitrogens with one attached hydrogen (secondary N) is 1. The molecule has 0 saturated carbocycles. The normalized spacial score (nSPS) is 11.3. The number of hydrogen-bond donors (Lipinski definition) is 3. The second-order valence-corrected chi connectivity index (χ2v) is 9.52. The SMILES string of the molecule is Cc1cc(S(=O)(=O)O)ccc1Cc1nc(Nc2ccc(SOOO)cc2C)cc(C)c1C#N. The molecule has 2 aromatic carbocycles. The first-order valence-electron chi connectivity index (χ1n) is 9.62. The van der Waals surface area contributed by atoms with Gasteiger partial charge in [0.25, 0.3) is 10.1 Å². The van der Waals surface area contributed by atoms with Crippen molar-refractivity contribution in [1.82, 2.24) is 4.98 Å². The minimum absolute atomic E-state index is 0.183. The Kier molecular flexibility index (Phi) is 7.70. The third-order valence-corrected chi connectivity index (χ3v) is 6.42. The van der Waals surface area contributed by atoms with E-state index in [2.05, 4.69) is 25.7 Å². The number of nitriles is 1. The van der Waals surface area contributed by atoms with Crippen molar-refractivity contribution in [3.8, 4) is 6.07 Å². The van der Waals surface area contributed by atoms with E-state index in [4.69, 9.17) is 5.26 Å². The van der Waals surface area contributed by atoms with Crippen molar-refractivity contribution in [1.29, 1.82) is 5.26 Å². The van der Waals surface area contributed by atoms with Gasteiger partial charge in [-0.2, -0.15) is 13.7 Å². The summed E-state index contributed by atoms with van der Waals surface area (Å²) in [7, 11) is -4.29. The molecule has 0 unspecified atom stereocenters. The van der Waals surface area contributed by atoms with Gasteiger partial charge in [-0.25, -0.2) is 10.2 Å². The summed E-state index contributed by atoms with van der Waals surface area (Å²) in [6.45, 7) is 5.45. The highest BCUT2D eigenvalue weighted by Gasteiger charge is 2.15. The van der Waals surface area contributed by atoms with E-state index in [0.717, 1.165) is 39.3 Å². The van der Waals surface area contributed by atoms with E-state index in [9.17, 15) is 18.2 Å². The Morgan fingerprint density at radius 2 is 1.85 bits per heavy atom. The van der Waals surface area contributed by atoms with Crippen LogP contribution in [-0.4, -0.2) is 23.2 Å². The predicted octanol–water partition coefficient (Wildman–Crippen LogP) is 4.89. The molecule has 0 aliphatic rings. The van der Waals surface area contributed by atoms with E-state index in [-0.39, 0.29) is 4.90 Å². The molecule has 0 saturated heterocycles. The van der Waals surface area contributed by atoms with E-state index >= 15 is 0 Å². The van der Waals surface area contributed by atoms with Gasteiger partial charge in [-0.3, -0.25) is 4.55 Å². The van der Waals surface area contributed by atoms with Crippen LogP contribution in [0.2, 0.25) is 0 Å². The maximum atomic E-state index is 11.4. The highest BCUT2D eigenvalue weighted by molar-refractivity contribution is 7.94. The van der Waals surface area contributed by atoms with Crippen LogP contribution in [0.25, 0.3) is 0 Å². The van der Waals surface area contributed by atoms with Crippen LogP contribution in [0.4, 0.5) is 11.5 Å². The zero-order valence-corrected chi connectivity index (χ0v) is 19.6. The maximum Gasteiger partial charge on any atom is 0.294 e. The fourth-order valence-electron chi connectivity index (χ4n) is 3.31. The Morgan fingerprint density at radius 3 is 2.45 bits per heavy atom. The molecule has 11 heteroatoms. The molecule has 1 aromatic heterocycles. The van der Waals surface area contributed by atoms with Crippen LogP contribution in [-0.2, 0) is 25.9 Å². The molecule has 9 nitrogen and oxygen atoms in total. The van der Waals surface area contributed by atoms with Crippen molar-refractivity contribution in [3.63, 3.8) is 0 Å². The fourth-order valence-corrected chi connectivity index (χ4v) is 4.33. The van der Waals surface area contributed by atoms with Gasteiger partial charge in [0.15, 0.2) is 0 Å². The molecule has 0 aliphatic heterocycles. The quantitative estimate of drug-likeness (QED) is 0.174. The molecule has 3 aromatic rings. The average molecular weight is 488 g/mol. The number of aryl methyl sites for hydroxylation is 3. The standard InChI is InChI=1S/C22H21N3O6S2/c1-13-9-18(33(27,28)29)6-4-16(13)11-21-19(12-23)14(2)10-22(25-21)24-20-7-5-17(8-15(20)3)32-31-30-26/h4-10,26H,11H2,1-3H3,(H,24,25)(H,27,28,29). The predicted molar refractivity (Wildman–Crippen MR) is 123 cm³/mol. The molecule has 0 amide bonds. The first kappa shape index (κ1) is 24.7. The average Bonchev–Trinajstić information content (AvgIpc) is 2.74. The first-order valence-corrected chi connectivity index (χ1v) is 11.8. The van der Waals surface area contributed by atoms with Gasteiger partial charge in [0, 0.05) is 17.0 Å². The molecule has 0 radical (unpaired) electrons. The van der Waals surface area contributed by atoms with E-state index in [0.29, 0.717) is 29.1 Å². The van der Waals surface area contributed by atoms with Crippen molar-refractivity contribution in [2.75, 3.05) is 5.32 Å². The third-order valence-electron chi connectivity index (χ3n) is 4.99. The lowest BCUT2D eigenvalue weighted by atomic mass is 9.99. The lowest BCUT2D eigenvalue weighted by molar-refractivity contribution is -0.432. The van der Waals surface area contributed by atoms with Crippen molar-refractivity contribution in [3.05, 3.63) is 76.0 Å². The van der Waals surface area contributed by atoms with Gasteiger partial charge in [0.1, 0.15) is 11.9 Å². The number of pyridine rings is 1. The summed E-state index contributed by atoms with van der Waals surface area (Å²) < 4.78 is 36.5. The Hall–Kier alpha value is -2.98. The van der Waals surface area contributed by atoms with Gasteiger partial charge in [-0.15, -0.1) is 4.33 Å². The molecule has 0 bridgehead atoms. The van der Waals surface area contributed by atoms with Gasteiger partial charge in [-0.05, 0) is 79.4 Å². The molecular weight excluding hydrogens is 466 g/mol. The van der Waals surface area contributed by atoms with Crippen LogP contribution in [0.3, 0.4) is 0 Å². The first-order chi connectivity index (χ1) is 15.6. The zero-order valence-electron chi connectivity index (χ0n) is 18.0. The van der Waals surface area contributed by atoms with E-state index in [1.54, 1.807) is 25.1 Å². The van der Waals surface area contributed by atoms with Crippen LogP contribution < -0.4 is 5.32 Å². The molecule has 0 spiro atoms. The second kappa shape index (κ2) is 10.3. The molecule has 0 atom stereocenters. The Labute approximate surface area is 195 Å². The summed E-state index contributed by atoms with van der Waals surface area (Å²) in [6.07, 6.45) is 0.309. The van der Waals surface area contributed by atoms with Gasteiger partial charge >= 0.3 is 0 Å². The zero-order chi connectivity index (χ0) is 24.2. The fraction of sp³-hybridized carbons (Fsp3) is 0.182. The highest BCUT2D eigenvalue weighted by Crippen LogP contribution is 2.28. The largest absolute Gasteiger partial charge is 0.340 e. The van der Waals surface area contributed by atoms with E-state index in [1.807, 2.05) is 26.0 Å². The number of rotatable bonds is 8. The summed E-state index contributed by atoms with van der Waals surface area (Å²) in [5.74, 6) is 0.548. The van der Waals surface area contributed by atoms with E-state index < -0.39 is 10.1 Å². The van der Waals surface area contributed by atoms with Crippen LogP contribution >= 0.6 is 12.0 Å². The summed E-state index contributed by atoms with van der Waals surface area (Å²) in [5, 5.41) is 24.8. The molecule has 3 N–H and O–H groups in total. The number of aromatic nitrogens is 1. The second-order valence-electron chi connectivity index (χ2n) is 7.33. The monoisotopic (exact) mass is 487 g/mol. The smallest absolute Gasteiger partial charge is 0.294 e. The van der Waals surface area contributed by atoms with Crippen molar-refractivity contribution in [2.24, 2.45) is 0 Å². The van der Waals surface area contributed by atoms with Gasteiger partial charge in [0.05, 0.1) is 28.2 Å². The molecule has 0 aliphatic carbocycles. The topological polar surface area (TPSA) is 142 Å².